The average Bonchev–Trinajstić information content (AvgIpc) is 2.61. The molecule has 1 aliphatic carbocycles. The molecule has 2 aliphatic rings. The maximum Gasteiger partial charge on any atom is 0.234 e. The van der Waals surface area contributed by atoms with E-state index in [4.69, 9.17) is 0 Å². The van der Waals surface area contributed by atoms with Gasteiger partial charge in [0.05, 0.1) is 18.7 Å². The Morgan fingerprint density at radius 3 is 2.76 bits per heavy atom. The number of rotatable bonds is 5. The number of amides is 1. The molecule has 1 amide bonds. The molecule has 1 fully saturated rings. The zero-order valence-corrected chi connectivity index (χ0v) is 15.6. The molecule has 3 atom stereocenters. The SMILES string of the molecule is CC(NC(=O)CN1CCCC(C(C)O)C1)c1ccc2c(c1)CCCC2. The van der Waals surface area contributed by atoms with Crippen LogP contribution < -0.4 is 5.32 Å². The Kier molecular flexibility index (Phi) is 6.13. The highest BCUT2D eigenvalue weighted by molar-refractivity contribution is 5.78. The molecule has 4 nitrogen and oxygen atoms in total. The summed E-state index contributed by atoms with van der Waals surface area (Å²) in [7, 11) is 0. The van der Waals surface area contributed by atoms with Gasteiger partial charge < -0.3 is 10.4 Å². The number of likely N-dealkylation sites (tertiary alicyclic amines) is 1. The van der Waals surface area contributed by atoms with Crippen molar-refractivity contribution in [2.24, 2.45) is 5.92 Å². The molecule has 0 saturated carbocycles. The van der Waals surface area contributed by atoms with Crippen LogP contribution >= 0.6 is 0 Å². The van der Waals surface area contributed by atoms with E-state index in [-0.39, 0.29) is 18.1 Å². The van der Waals surface area contributed by atoms with Gasteiger partial charge in [-0.25, -0.2) is 0 Å². The molecule has 1 heterocycles. The van der Waals surface area contributed by atoms with Crippen LogP contribution in [0.1, 0.15) is 62.3 Å². The number of nitrogens with one attached hydrogen (secondary N) is 1. The molecule has 1 aromatic rings. The number of carbonyl (C=O) groups is 1. The van der Waals surface area contributed by atoms with E-state index in [1.807, 2.05) is 6.92 Å². The zero-order chi connectivity index (χ0) is 17.8. The molecule has 0 radical (unpaired) electrons. The van der Waals surface area contributed by atoms with Gasteiger partial charge in [-0.15, -0.1) is 0 Å². The van der Waals surface area contributed by atoms with Crippen molar-refractivity contribution in [1.82, 2.24) is 10.2 Å². The lowest BCUT2D eigenvalue weighted by molar-refractivity contribution is -0.123. The maximum absolute atomic E-state index is 12.4. The normalized spacial score (nSPS) is 23.6. The number of carbonyl (C=O) groups excluding carboxylic acids is 1. The summed E-state index contributed by atoms with van der Waals surface area (Å²) in [6, 6.07) is 6.73. The number of piperidine rings is 1. The minimum Gasteiger partial charge on any atom is -0.393 e. The van der Waals surface area contributed by atoms with Crippen molar-refractivity contribution in [3.05, 3.63) is 34.9 Å². The van der Waals surface area contributed by atoms with E-state index >= 15 is 0 Å². The Morgan fingerprint density at radius 1 is 1.24 bits per heavy atom. The van der Waals surface area contributed by atoms with Gasteiger partial charge in [0.1, 0.15) is 0 Å². The smallest absolute Gasteiger partial charge is 0.234 e. The van der Waals surface area contributed by atoms with Gasteiger partial charge in [-0.3, -0.25) is 9.69 Å². The number of hydrogen-bond donors (Lipinski definition) is 2. The van der Waals surface area contributed by atoms with E-state index in [2.05, 4.69) is 35.3 Å². The molecule has 25 heavy (non-hydrogen) atoms. The third kappa shape index (κ3) is 4.83. The van der Waals surface area contributed by atoms with Crippen LogP contribution in [0, 0.1) is 5.92 Å². The largest absolute Gasteiger partial charge is 0.393 e. The Bertz CT molecular complexity index is 600. The van der Waals surface area contributed by atoms with Crippen molar-refractivity contribution in [3.63, 3.8) is 0 Å². The van der Waals surface area contributed by atoms with Crippen molar-refractivity contribution in [3.8, 4) is 0 Å². The molecule has 4 heteroatoms. The number of hydrogen-bond acceptors (Lipinski definition) is 3. The van der Waals surface area contributed by atoms with E-state index in [0.717, 1.165) is 25.9 Å². The molecule has 3 unspecified atom stereocenters. The molecule has 0 bridgehead atoms. The van der Waals surface area contributed by atoms with Gasteiger partial charge in [-0.1, -0.05) is 18.2 Å². The van der Waals surface area contributed by atoms with Crippen molar-refractivity contribution in [2.45, 2.75) is 64.5 Å². The van der Waals surface area contributed by atoms with Crippen LogP contribution in [0.2, 0.25) is 0 Å². The second-order valence-corrected chi connectivity index (χ2v) is 7.90. The highest BCUT2D eigenvalue weighted by Gasteiger charge is 2.25. The Hall–Kier alpha value is -1.39. The second kappa shape index (κ2) is 8.33. The van der Waals surface area contributed by atoms with E-state index in [0.29, 0.717) is 12.5 Å². The summed E-state index contributed by atoms with van der Waals surface area (Å²) in [5, 5.41) is 12.9. The third-order valence-corrected chi connectivity index (χ3v) is 5.84. The van der Waals surface area contributed by atoms with Crippen LogP contribution in [0.5, 0.6) is 0 Å². The number of aliphatic hydroxyl groups is 1. The van der Waals surface area contributed by atoms with Gasteiger partial charge in [-0.2, -0.15) is 0 Å². The molecule has 1 aromatic carbocycles. The molecular weight excluding hydrogens is 312 g/mol. The molecule has 0 spiro atoms. The fourth-order valence-electron chi connectivity index (χ4n) is 4.22. The third-order valence-electron chi connectivity index (χ3n) is 5.84. The van der Waals surface area contributed by atoms with Crippen molar-refractivity contribution in [2.75, 3.05) is 19.6 Å². The highest BCUT2D eigenvalue weighted by Crippen LogP contribution is 2.25. The number of benzene rings is 1. The number of fused-ring (bicyclic) bond motifs is 1. The predicted octanol–water partition coefficient (Wildman–Crippen LogP) is 2.84. The minimum atomic E-state index is -0.291. The number of aliphatic hydroxyl groups excluding tert-OH is 1. The van der Waals surface area contributed by atoms with Crippen LogP contribution in [-0.2, 0) is 17.6 Å². The van der Waals surface area contributed by atoms with Crippen LogP contribution in [-0.4, -0.2) is 41.7 Å². The van der Waals surface area contributed by atoms with Crippen LogP contribution in [0.3, 0.4) is 0 Å². The lowest BCUT2D eigenvalue weighted by Crippen LogP contribution is -2.45. The van der Waals surface area contributed by atoms with Gasteiger partial charge in [0.25, 0.3) is 0 Å². The van der Waals surface area contributed by atoms with Crippen LogP contribution in [0.25, 0.3) is 0 Å². The first-order valence-corrected chi connectivity index (χ1v) is 9.84. The summed E-state index contributed by atoms with van der Waals surface area (Å²) in [6.45, 7) is 6.12. The lowest BCUT2D eigenvalue weighted by atomic mass is 9.89. The Balaban J connectivity index is 1.54. The molecular formula is C21H32N2O2. The van der Waals surface area contributed by atoms with Gasteiger partial charge in [0.2, 0.25) is 5.91 Å². The molecule has 0 aromatic heterocycles. The molecule has 2 N–H and O–H groups in total. The molecule has 3 rings (SSSR count). The first kappa shape index (κ1) is 18.4. The summed E-state index contributed by atoms with van der Waals surface area (Å²) >= 11 is 0. The summed E-state index contributed by atoms with van der Waals surface area (Å²) in [5.74, 6) is 0.371. The minimum absolute atomic E-state index is 0.0390. The maximum atomic E-state index is 12.4. The molecule has 138 valence electrons. The van der Waals surface area contributed by atoms with E-state index in [1.165, 1.54) is 42.4 Å². The van der Waals surface area contributed by atoms with Crippen LogP contribution in [0.15, 0.2) is 18.2 Å². The Labute approximate surface area is 151 Å². The molecule has 1 aliphatic heterocycles. The van der Waals surface area contributed by atoms with Gasteiger partial charge >= 0.3 is 0 Å². The number of aryl methyl sites for hydroxylation is 2. The van der Waals surface area contributed by atoms with Gasteiger partial charge in [0.15, 0.2) is 0 Å². The topological polar surface area (TPSA) is 52.6 Å². The standard InChI is InChI=1S/C21H32N2O2/c1-15(18-10-9-17-6-3-4-7-19(17)12-18)22-21(25)14-23-11-5-8-20(13-23)16(2)24/h9-10,12,15-16,20,24H,3-8,11,13-14H2,1-2H3,(H,22,25). The van der Waals surface area contributed by atoms with E-state index in [9.17, 15) is 9.90 Å². The summed E-state index contributed by atoms with van der Waals surface area (Å²) in [6.07, 6.45) is 6.75. The van der Waals surface area contributed by atoms with Gasteiger partial charge in [0, 0.05) is 6.54 Å². The van der Waals surface area contributed by atoms with Crippen molar-refractivity contribution < 1.29 is 9.90 Å². The van der Waals surface area contributed by atoms with Crippen molar-refractivity contribution >= 4 is 5.91 Å². The van der Waals surface area contributed by atoms with Crippen molar-refractivity contribution in [1.29, 1.82) is 0 Å². The highest BCUT2D eigenvalue weighted by atomic mass is 16.3. The second-order valence-electron chi connectivity index (χ2n) is 7.90. The quantitative estimate of drug-likeness (QED) is 0.864. The first-order chi connectivity index (χ1) is 12.0. The summed E-state index contributed by atoms with van der Waals surface area (Å²) in [4.78, 5) is 14.6. The van der Waals surface area contributed by atoms with E-state index < -0.39 is 0 Å². The molecule has 1 saturated heterocycles. The monoisotopic (exact) mass is 344 g/mol. The zero-order valence-electron chi connectivity index (χ0n) is 15.6. The summed E-state index contributed by atoms with van der Waals surface area (Å²) in [5.41, 5.74) is 4.14. The Morgan fingerprint density at radius 2 is 2.00 bits per heavy atom. The lowest BCUT2D eigenvalue weighted by Gasteiger charge is -2.33. The fraction of sp³-hybridized carbons (Fsp3) is 0.667. The summed E-state index contributed by atoms with van der Waals surface area (Å²) < 4.78 is 0. The van der Waals surface area contributed by atoms with Crippen LogP contribution in [0.4, 0.5) is 0 Å². The van der Waals surface area contributed by atoms with Gasteiger partial charge in [-0.05, 0) is 81.5 Å². The number of nitrogens with zero attached hydrogens (tertiary/aromatic N) is 1. The predicted molar refractivity (Wildman–Crippen MR) is 100 cm³/mol. The van der Waals surface area contributed by atoms with E-state index in [1.54, 1.807) is 0 Å². The average molecular weight is 344 g/mol. The fourth-order valence-corrected chi connectivity index (χ4v) is 4.22. The first-order valence-electron chi connectivity index (χ1n) is 9.84.